The number of hydrogen-bond donors (Lipinski definition) is 2. The molecule has 0 aromatic rings. The molecule has 0 aliphatic carbocycles. The van der Waals surface area contributed by atoms with E-state index >= 15 is 0 Å². The lowest BCUT2D eigenvalue weighted by Crippen LogP contribution is -2.21. The van der Waals surface area contributed by atoms with Crippen molar-refractivity contribution in [2.24, 2.45) is 0 Å². The number of aliphatic hydroxyl groups is 1. The molecular weight excluding hydrogens is 216 g/mol. The number of hydrogen-bond acceptors (Lipinski definition) is 6. The average molecular weight is 230 g/mol. The Morgan fingerprint density at radius 3 is 2.14 bits per heavy atom. The van der Waals surface area contributed by atoms with Crippen molar-refractivity contribution in [3.63, 3.8) is 0 Å². The summed E-state index contributed by atoms with van der Waals surface area (Å²) in [6.07, 6.45) is -2.00. The Hall–Kier alpha value is -0.250. The predicted octanol–water partition coefficient (Wildman–Crippen LogP) is -0.477. The second kappa shape index (κ2) is 6.27. The normalized spacial score (nSPS) is 16.6. The monoisotopic (exact) mass is 230 g/mol. The molecule has 2 unspecified atom stereocenters. The van der Waals surface area contributed by atoms with Crippen LogP contribution < -0.4 is 0 Å². The van der Waals surface area contributed by atoms with E-state index in [1.165, 1.54) is 13.8 Å². The third-order valence-corrected chi connectivity index (χ3v) is 1.57. The molecule has 0 amide bonds. The van der Waals surface area contributed by atoms with Gasteiger partial charge in [0.05, 0.1) is 13.2 Å². The summed E-state index contributed by atoms with van der Waals surface area (Å²) in [5.41, 5.74) is 0. The molecule has 86 valence electrons. The molecule has 0 fully saturated rings. The van der Waals surface area contributed by atoms with E-state index in [1.54, 1.807) is 0 Å². The van der Waals surface area contributed by atoms with Gasteiger partial charge in [0.2, 0.25) is 0 Å². The quantitative estimate of drug-likeness (QED) is 0.346. The SMILES string of the molecule is CC(O)OCCOC(C)OS(=O)(=O)O. The van der Waals surface area contributed by atoms with Gasteiger partial charge in [-0.25, -0.2) is 4.18 Å². The van der Waals surface area contributed by atoms with Crippen LogP contribution in [0.4, 0.5) is 0 Å². The largest absolute Gasteiger partial charge is 0.399 e. The van der Waals surface area contributed by atoms with E-state index in [4.69, 9.17) is 14.4 Å². The highest BCUT2D eigenvalue weighted by atomic mass is 32.3. The van der Waals surface area contributed by atoms with Crippen LogP contribution in [0.1, 0.15) is 13.8 Å². The van der Waals surface area contributed by atoms with Gasteiger partial charge in [-0.05, 0) is 13.8 Å². The Kier molecular flexibility index (Phi) is 6.16. The first-order valence-corrected chi connectivity index (χ1v) is 5.25. The van der Waals surface area contributed by atoms with Crippen molar-refractivity contribution >= 4 is 10.4 Å². The van der Waals surface area contributed by atoms with E-state index in [1.807, 2.05) is 0 Å². The molecule has 2 N–H and O–H groups in total. The molecule has 0 heterocycles. The van der Waals surface area contributed by atoms with Gasteiger partial charge >= 0.3 is 10.4 Å². The van der Waals surface area contributed by atoms with Gasteiger partial charge < -0.3 is 14.6 Å². The van der Waals surface area contributed by atoms with Crippen molar-refractivity contribution in [2.75, 3.05) is 13.2 Å². The molecule has 0 saturated heterocycles. The van der Waals surface area contributed by atoms with Gasteiger partial charge in [0.1, 0.15) is 0 Å². The maximum absolute atomic E-state index is 10.2. The number of ether oxygens (including phenoxy) is 2. The minimum Gasteiger partial charge on any atom is -0.368 e. The van der Waals surface area contributed by atoms with Crippen LogP contribution >= 0.6 is 0 Å². The highest BCUT2D eigenvalue weighted by Gasteiger charge is 2.12. The summed E-state index contributed by atoms with van der Waals surface area (Å²) in [5.74, 6) is 0. The third kappa shape index (κ3) is 9.84. The molecule has 7 nitrogen and oxygen atoms in total. The first-order valence-electron chi connectivity index (χ1n) is 3.88. The molecule has 0 aliphatic heterocycles. The lowest BCUT2D eigenvalue weighted by atomic mass is 10.7. The van der Waals surface area contributed by atoms with Crippen LogP contribution in [0.15, 0.2) is 0 Å². The molecule has 2 atom stereocenters. The van der Waals surface area contributed by atoms with Crippen LogP contribution in [0, 0.1) is 0 Å². The molecular formula is C6H14O7S. The van der Waals surface area contributed by atoms with Crippen LogP contribution in [0.2, 0.25) is 0 Å². The minimum absolute atomic E-state index is 0.0432. The zero-order valence-corrected chi connectivity index (χ0v) is 8.73. The van der Waals surface area contributed by atoms with Crippen molar-refractivity contribution in [2.45, 2.75) is 26.4 Å². The van der Waals surface area contributed by atoms with Crippen LogP contribution in [-0.4, -0.2) is 43.9 Å². The molecule has 0 aliphatic rings. The van der Waals surface area contributed by atoms with Gasteiger partial charge in [-0.15, -0.1) is 0 Å². The highest BCUT2D eigenvalue weighted by Crippen LogP contribution is 1.98. The standard InChI is InChI=1S/C6H14O7S/c1-5(7)11-3-4-12-6(2)13-14(8,9)10/h5-7H,3-4H2,1-2H3,(H,8,9,10). The molecule has 0 spiro atoms. The van der Waals surface area contributed by atoms with Crippen molar-refractivity contribution in [3.05, 3.63) is 0 Å². The van der Waals surface area contributed by atoms with Crippen LogP contribution in [0.3, 0.4) is 0 Å². The molecule has 0 rings (SSSR count). The Morgan fingerprint density at radius 2 is 1.71 bits per heavy atom. The van der Waals surface area contributed by atoms with Gasteiger partial charge in [0.25, 0.3) is 0 Å². The second-order valence-corrected chi connectivity index (χ2v) is 3.48. The summed E-state index contributed by atoms with van der Waals surface area (Å²) in [6, 6.07) is 0. The predicted molar refractivity (Wildman–Crippen MR) is 45.7 cm³/mol. The topological polar surface area (TPSA) is 102 Å². The average Bonchev–Trinajstić information content (AvgIpc) is 1.94. The van der Waals surface area contributed by atoms with Gasteiger partial charge in [0, 0.05) is 0 Å². The van der Waals surface area contributed by atoms with Crippen molar-refractivity contribution < 1.29 is 31.7 Å². The molecule has 0 saturated carbocycles. The van der Waals surface area contributed by atoms with Gasteiger partial charge in [0.15, 0.2) is 12.6 Å². The van der Waals surface area contributed by atoms with Crippen molar-refractivity contribution in [1.82, 2.24) is 0 Å². The summed E-state index contributed by atoms with van der Waals surface area (Å²) < 4.78 is 42.0. The summed E-state index contributed by atoms with van der Waals surface area (Å²) in [6.45, 7) is 2.87. The second-order valence-electron chi connectivity index (χ2n) is 2.43. The maximum atomic E-state index is 10.2. The zero-order valence-electron chi connectivity index (χ0n) is 7.91. The lowest BCUT2D eigenvalue weighted by molar-refractivity contribution is -0.128. The Labute approximate surface area is 82.5 Å². The van der Waals surface area contributed by atoms with Crippen molar-refractivity contribution in [1.29, 1.82) is 0 Å². The number of aliphatic hydroxyl groups excluding tert-OH is 1. The highest BCUT2D eigenvalue weighted by molar-refractivity contribution is 7.80. The van der Waals surface area contributed by atoms with Crippen LogP contribution in [-0.2, 0) is 24.1 Å². The van der Waals surface area contributed by atoms with Gasteiger partial charge in [-0.1, -0.05) is 0 Å². The van der Waals surface area contributed by atoms with Crippen LogP contribution in [0.5, 0.6) is 0 Å². The fourth-order valence-corrected chi connectivity index (χ4v) is 1.03. The summed E-state index contributed by atoms with van der Waals surface area (Å²) in [5, 5.41) is 8.66. The number of rotatable bonds is 7. The summed E-state index contributed by atoms with van der Waals surface area (Å²) >= 11 is 0. The van der Waals surface area contributed by atoms with E-state index in [0.717, 1.165) is 0 Å². The van der Waals surface area contributed by atoms with E-state index in [-0.39, 0.29) is 13.2 Å². The van der Waals surface area contributed by atoms with E-state index in [0.29, 0.717) is 0 Å². The van der Waals surface area contributed by atoms with E-state index < -0.39 is 23.0 Å². The lowest BCUT2D eigenvalue weighted by Gasteiger charge is -2.12. The first kappa shape index (κ1) is 13.8. The molecule has 0 aromatic carbocycles. The fraction of sp³-hybridized carbons (Fsp3) is 1.00. The molecule has 0 bridgehead atoms. The van der Waals surface area contributed by atoms with Crippen LogP contribution in [0.25, 0.3) is 0 Å². The first-order chi connectivity index (χ1) is 6.31. The maximum Gasteiger partial charge on any atom is 0.399 e. The molecule has 14 heavy (non-hydrogen) atoms. The Bertz CT molecular complexity index is 235. The third-order valence-electron chi connectivity index (χ3n) is 1.05. The van der Waals surface area contributed by atoms with Gasteiger partial charge in [-0.3, -0.25) is 4.55 Å². The van der Waals surface area contributed by atoms with E-state index in [2.05, 4.69) is 8.92 Å². The summed E-state index contributed by atoms with van der Waals surface area (Å²) in [7, 11) is -4.49. The zero-order chi connectivity index (χ0) is 11.2. The summed E-state index contributed by atoms with van der Waals surface area (Å²) in [4.78, 5) is 0. The Morgan fingerprint density at radius 1 is 1.21 bits per heavy atom. The Balaban J connectivity index is 3.50. The molecule has 8 heteroatoms. The molecule has 0 aromatic heterocycles. The fourth-order valence-electron chi connectivity index (χ4n) is 0.632. The van der Waals surface area contributed by atoms with Crippen molar-refractivity contribution in [3.8, 4) is 0 Å². The molecule has 0 radical (unpaired) electrons. The van der Waals surface area contributed by atoms with E-state index in [9.17, 15) is 8.42 Å². The smallest absolute Gasteiger partial charge is 0.368 e. The minimum atomic E-state index is -4.49. The van der Waals surface area contributed by atoms with Gasteiger partial charge in [-0.2, -0.15) is 8.42 Å².